The molecule has 78 valence electrons. The van der Waals surface area contributed by atoms with Crippen molar-refractivity contribution in [2.75, 3.05) is 0 Å². The van der Waals surface area contributed by atoms with Crippen molar-refractivity contribution in [3.8, 4) is 5.69 Å². The predicted molar refractivity (Wildman–Crippen MR) is 62.9 cm³/mol. The first-order valence-corrected chi connectivity index (χ1v) is 5.49. The van der Waals surface area contributed by atoms with Crippen molar-refractivity contribution in [2.24, 2.45) is 0 Å². The van der Waals surface area contributed by atoms with E-state index in [0.717, 1.165) is 21.5 Å². The molecule has 0 amide bonds. The third-order valence-corrected chi connectivity index (χ3v) is 3.09. The zero-order valence-corrected chi connectivity index (χ0v) is 10.2. The number of halogens is 2. The van der Waals surface area contributed by atoms with Gasteiger partial charge in [-0.2, -0.15) is 0 Å². The van der Waals surface area contributed by atoms with Crippen molar-refractivity contribution in [1.29, 1.82) is 0 Å². The molecular weight excluding hydrogens is 257 g/mol. The summed E-state index contributed by atoms with van der Waals surface area (Å²) in [5.41, 5.74) is 3.03. The fraction of sp³-hybridized carbons (Fsp3) is 0.167. The maximum Gasteiger partial charge on any atom is 0.125 e. The molecule has 0 unspecified atom stereocenters. The van der Waals surface area contributed by atoms with E-state index in [2.05, 4.69) is 15.9 Å². The Bertz CT molecular complexity index is 483. The van der Waals surface area contributed by atoms with Crippen molar-refractivity contribution in [3.05, 3.63) is 52.0 Å². The van der Waals surface area contributed by atoms with E-state index in [4.69, 9.17) is 0 Å². The molecule has 1 heterocycles. The SMILES string of the molecule is Cc1ccc(C)n1-c1cc(F)ccc1Br. The lowest BCUT2D eigenvalue weighted by Crippen LogP contribution is -2.00. The van der Waals surface area contributed by atoms with E-state index in [1.165, 1.54) is 12.1 Å². The van der Waals surface area contributed by atoms with Crippen LogP contribution in [-0.4, -0.2) is 4.57 Å². The van der Waals surface area contributed by atoms with Gasteiger partial charge in [0.15, 0.2) is 0 Å². The van der Waals surface area contributed by atoms with Gasteiger partial charge in [-0.25, -0.2) is 4.39 Å². The standard InChI is InChI=1S/C12H11BrFN/c1-8-3-4-9(2)15(8)12-7-10(14)5-6-11(12)13/h3-7H,1-2H3. The van der Waals surface area contributed by atoms with Gasteiger partial charge in [-0.05, 0) is 60.1 Å². The summed E-state index contributed by atoms with van der Waals surface area (Å²) >= 11 is 3.43. The van der Waals surface area contributed by atoms with E-state index in [1.807, 2.05) is 30.5 Å². The Morgan fingerprint density at radius 3 is 2.27 bits per heavy atom. The van der Waals surface area contributed by atoms with Gasteiger partial charge in [-0.1, -0.05) is 0 Å². The number of hydrogen-bond donors (Lipinski definition) is 0. The zero-order chi connectivity index (χ0) is 11.0. The highest BCUT2D eigenvalue weighted by molar-refractivity contribution is 9.10. The molecule has 2 aromatic rings. The molecular formula is C12H11BrFN. The molecule has 1 aromatic carbocycles. The summed E-state index contributed by atoms with van der Waals surface area (Å²) < 4.78 is 16.1. The Labute approximate surface area is 96.7 Å². The van der Waals surface area contributed by atoms with Crippen LogP contribution in [-0.2, 0) is 0 Å². The van der Waals surface area contributed by atoms with Crippen LogP contribution in [0.15, 0.2) is 34.8 Å². The van der Waals surface area contributed by atoms with Crippen LogP contribution in [0.25, 0.3) is 5.69 Å². The number of aromatic nitrogens is 1. The number of nitrogens with zero attached hydrogens (tertiary/aromatic N) is 1. The van der Waals surface area contributed by atoms with E-state index in [-0.39, 0.29) is 5.82 Å². The first-order valence-electron chi connectivity index (χ1n) is 4.70. The Hall–Kier alpha value is -1.09. The summed E-state index contributed by atoms with van der Waals surface area (Å²) in [6, 6.07) is 8.74. The van der Waals surface area contributed by atoms with E-state index in [1.54, 1.807) is 6.07 Å². The Kier molecular flexibility index (Phi) is 2.65. The zero-order valence-electron chi connectivity index (χ0n) is 8.59. The number of rotatable bonds is 1. The molecule has 0 atom stereocenters. The molecule has 0 N–H and O–H groups in total. The van der Waals surface area contributed by atoms with Gasteiger partial charge in [0.05, 0.1) is 5.69 Å². The lowest BCUT2D eigenvalue weighted by molar-refractivity contribution is 0.626. The van der Waals surface area contributed by atoms with Crippen LogP contribution in [0.2, 0.25) is 0 Å². The highest BCUT2D eigenvalue weighted by atomic mass is 79.9. The van der Waals surface area contributed by atoms with Gasteiger partial charge in [-0.15, -0.1) is 0 Å². The summed E-state index contributed by atoms with van der Waals surface area (Å²) in [6.45, 7) is 4.01. The van der Waals surface area contributed by atoms with Gasteiger partial charge in [0.25, 0.3) is 0 Å². The quantitative estimate of drug-likeness (QED) is 0.736. The van der Waals surface area contributed by atoms with Gasteiger partial charge in [-0.3, -0.25) is 0 Å². The van der Waals surface area contributed by atoms with Crippen molar-refractivity contribution in [2.45, 2.75) is 13.8 Å². The van der Waals surface area contributed by atoms with E-state index < -0.39 is 0 Å². The third kappa shape index (κ3) is 1.84. The summed E-state index contributed by atoms with van der Waals surface area (Å²) in [7, 11) is 0. The maximum atomic E-state index is 13.2. The van der Waals surface area contributed by atoms with Crippen LogP contribution in [0.4, 0.5) is 4.39 Å². The molecule has 0 bridgehead atoms. The molecule has 0 saturated carbocycles. The monoisotopic (exact) mass is 267 g/mol. The molecule has 3 heteroatoms. The fourth-order valence-electron chi connectivity index (χ4n) is 1.71. The summed E-state index contributed by atoms with van der Waals surface area (Å²) in [5.74, 6) is -0.222. The number of aryl methyl sites for hydroxylation is 2. The van der Waals surface area contributed by atoms with Crippen molar-refractivity contribution >= 4 is 15.9 Å². The van der Waals surface area contributed by atoms with Gasteiger partial charge in [0.2, 0.25) is 0 Å². The Morgan fingerprint density at radius 2 is 1.67 bits per heavy atom. The van der Waals surface area contributed by atoms with Crippen LogP contribution < -0.4 is 0 Å². The lowest BCUT2D eigenvalue weighted by atomic mass is 10.3. The van der Waals surface area contributed by atoms with Crippen LogP contribution in [0.3, 0.4) is 0 Å². The highest BCUT2D eigenvalue weighted by Gasteiger charge is 2.08. The van der Waals surface area contributed by atoms with Crippen LogP contribution >= 0.6 is 15.9 Å². The molecule has 0 aliphatic carbocycles. The van der Waals surface area contributed by atoms with Crippen LogP contribution in [0, 0.1) is 19.7 Å². The molecule has 2 rings (SSSR count). The first-order chi connectivity index (χ1) is 7.09. The third-order valence-electron chi connectivity index (χ3n) is 2.42. The van der Waals surface area contributed by atoms with Crippen molar-refractivity contribution in [3.63, 3.8) is 0 Å². The molecule has 15 heavy (non-hydrogen) atoms. The second kappa shape index (κ2) is 3.81. The second-order valence-corrected chi connectivity index (χ2v) is 4.40. The normalized spacial score (nSPS) is 10.7. The van der Waals surface area contributed by atoms with Crippen LogP contribution in [0.5, 0.6) is 0 Å². The Morgan fingerprint density at radius 1 is 1.07 bits per heavy atom. The average molecular weight is 268 g/mol. The van der Waals surface area contributed by atoms with Gasteiger partial charge in [0, 0.05) is 15.9 Å². The smallest absolute Gasteiger partial charge is 0.125 e. The minimum absolute atomic E-state index is 0.222. The molecule has 0 spiro atoms. The fourth-order valence-corrected chi connectivity index (χ4v) is 2.13. The minimum atomic E-state index is -0.222. The second-order valence-electron chi connectivity index (χ2n) is 3.55. The highest BCUT2D eigenvalue weighted by Crippen LogP contribution is 2.25. The van der Waals surface area contributed by atoms with Gasteiger partial charge < -0.3 is 4.57 Å². The number of benzene rings is 1. The molecule has 0 saturated heterocycles. The molecule has 0 fully saturated rings. The summed E-state index contributed by atoms with van der Waals surface area (Å²) in [4.78, 5) is 0. The molecule has 1 aromatic heterocycles. The first kappa shape index (κ1) is 10.4. The average Bonchev–Trinajstić information content (AvgIpc) is 2.51. The van der Waals surface area contributed by atoms with Crippen LogP contribution in [0.1, 0.15) is 11.4 Å². The topological polar surface area (TPSA) is 4.93 Å². The number of hydrogen-bond acceptors (Lipinski definition) is 0. The molecule has 1 nitrogen and oxygen atoms in total. The van der Waals surface area contributed by atoms with Crippen molar-refractivity contribution in [1.82, 2.24) is 4.57 Å². The van der Waals surface area contributed by atoms with E-state index in [0.29, 0.717) is 0 Å². The van der Waals surface area contributed by atoms with E-state index >= 15 is 0 Å². The maximum absolute atomic E-state index is 13.2. The molecule has 0 radical (unpaired) electrons. The van der Waals surface area contributed by atoms with E-state index in [9.17, 15) is 4.39 Å². The largest absolute Gasteiger partial charge is 0.317 e. The van der Waals surface area contributed by atoms with Gasteiger partial charge >= 0.3 is 0 Å². The minimum Gasteiger partial charge on any atom is -0.317 e. The summed E-state index contributed by atoms with van der Waals surface area (Å²) in [6.07, 6.45) is 0. The molecule has 0 aliphatic heterocycles. The Balaban J connectivity index is 2.68. The molecule has 0 aliphatic rings. The summed E-state index contributed by atoms with van der Waals surface area (Å²) in [5, 5.41) is 0. The predicted octanol–water partition coefficient (Wildman–Crippen LogP) is 4.00. The van der Waals surface area contributed by atoms with Gasteiger partial charge in [0.1, 0.15) is 5.82 Å². The van der Waals surface area contributed by atoms with Crippen molar-refractivity contribution < 1.29 is 4.39 Å². The lowest BCUT2D eigenvalue weighted by Gasteiger charge is -2.11.